The highest BCUT2D eigenvalue weighted by molar-refractivity contribution is 5.89. The van der Waals surface area contributed by atoms with E-state index >= 15 is 0 Å². The molecular weight excluding hydrogens is 448 g/mol. The van der Waals surface area contributed by atoms with Crippen LogP contribution in [0.25, 0.3) is 11.1 Å². The lowest BCUT2D eigenvalue weighted by Crippen LogP contribution is -2.57. The van der Waals surface area contributed by atoms with E-state index in [9.17, 15) is 19.5 Å². The normalized spacial score (nSPS) is 15.4. The number of nitrogens with zero attached hydrogens (tertiary/aromatic N) is 1. The van der Waals surface area contributed by atoms with Crippen LogP contribution in [0.15, 0.2) is 48.5 Å². The van der Waals surface area contributed by atoms with Crippen molar-refractivity contribution in [1.29, 1.82) is 0 Å². The molecule has 8 heteroatoms. The molecule has 0 heterocycles. The highest BCUT2D eigenvalue weighted by atomic mass is 16.6. The van der Waals surface area contributed by atoms with Crippen molar-refractivity contribution >= 4 is 18.0 Å². The second kappa shape index (κ2) is 10.5. The first kappa shape index (κ1) is 26.2. The van der Waals surface area contributed by atoms with Crippen molar-refractivity contribution in [2.75, 3.05) is 13.7 Å². The van der Waals surface area contributed by atoms with Crippen LogP contribution in [0.1, 0.15) is 51.7 Å². The minimum absolute atomic E-state index is 0.0939. The molecule has 0 bridgehead atoms. The molecule has 0 saturated heterocycles. The lowest BCUT2D eigenvalue weighted by atomic mass is 9.98. The molecule has 0 radical (unpaired) electrons. The Labute approximate surface area is 206 Å². The Kier molecular flexibility index (Phi) is 7.85. The van der Waals surface area contributed by atoms with Crippen LogP contribution in [0.3, 0.4) is 0 Å². The molecule has 35 heavy (non-hydrogen) atoms. The number of nitrogens with one attached hydrogen (secondary N) is 1. The summed E-state index contributed by atoms with van der Waals surface area (Å²) in [7, 11) is 1.39. The van der Waals surface area contributed by atoms with Crippen LogP contribution in [0.4, 0.5) is 4.79 Å². The standard InChI is InChI=1S/C27H34N2O6/c1-16(25(31)32)29(6)24(30)23(17(2)35-27(3,4)5)28-26(33)34-15-22-20-13-9-7-11-18(20)19-12-8-10-14-21(19)22/h7-14,16-17,22-23H,15H2,1-6H3,(H,28,33)(H,31,32)/t16-,17+,23-/m0/s1. The smallest absolute Gasteiger partial charge is 0.407 e. The van der Waals surface area contributed by atoms with Gasteiger partial charge in [0.25, 0.3) is 0 Å². The fourth-order valence-corrected chi connectivity index (χ4v) is 4.35. The van der Waals surface area contributed by atoms with Crippen molar-refractivity contribution in [3.63, 3.8) is 0 Å². The van der Waals surface area contributed by atoms with Crippen LogP contribution in [0.5, 0.6) is 0 Å². The topological polar surface area (TPSA) is 105 Å². The molecule has 2 aromatic carbocycles. The highest BCUT2D eigenvalue weighted by Crippen LogP contribution is 2.44. The summed E-state index contributed by atoms with van der Waals surface area (Å²) in [6.45, 7) is 8.67. The number of carboxylic acids is 1. The van der Waals surface area contributed by atoms with E-state index in [0.29, 0.717) is 0 Å². The Morgan fingerprint density at radius 1 is 1.00 bits per heavy atom. The van der Waals surface area contributed by atoms with Crippen LogP contribution in [0.2, 0.25) is 0 Å². The van der Waals surface area contributed by atoms with Gasteiger partial charge in [-0.25, -0.2) is 9.59 Å². The van der Waals surface area contributed by atoms with Crippen LogP contribution in [-0.2, 0) is 19.1 Å². The average molecular weight is 483 g/mol. The SMILES string of the molecule is C[C@@H](OC(C)(C)C)[C@H](NC(=O)OCC1c2ccccc2-c2ccccc21)C(=O)N(C)[C@@H](C)C(=O)O. The maximum Gasteiger partial charge on any atom is 0.407 e. The first-order valence-corrected chi connectivity index (χ1v) is 11.7. The van der Waals surface area contributed by atoms with E-state index in [4.69, 9.17) is 9.47 Å². The quantitative estimate of drug-likeness (QED) is 0.589. The van der Waals surface area contributed by atoms with Gasteiger partial charge in [0.15, 0.2) is 0 Å². The number of likely N-dealkylation sites (N-methyl/N-ethyl adjacent to an activating group) is 1. The van der Waals surface area contributed by atoms with Crippen LogP contribution in [-0.4, -0.2) is 65.4 Å². The van der Waals surface area contributed by atoms with Gasteiger partial charge in [-0.2, -0.15) is 0 Å². The first-order chi connectivity index (χ1) is 16.4. The van der Waals surface area contributed by atoms with E-state index in [1.807, 2.05) is 69.3 Å². The number of ether oxygens (including phenoxy) is 2. The van der Waals surface area contributed by atoms with Crippen LogP contribution >= 0.6 is 0 Å². The summed E-state index contributed by atoms with van der Waals surface area (Å²) in [6.07, 6.45) is -1.50. The zero-order chi connectivity index (χ0) is 25.9. The van der Waals surface area contributed by atoms with Crippen molar-refractivity contribution in [3.05, 3.63) is 59.7 Å². The fraction of sp³-hybridized carbons (Fsp3) is 0.444. The number of aliphatic carboxylic acids is 1. The van der Waals surface area contributed by atoms with Gasteiger partial charge in [-0.1, -0.05) is 48.5 Å². The molecule has 0 aromatic heterocycles. The summed E-state index contributed by atoms with van der Waals surface area (Å²) < 4.78 is 11.5. The van der Waals surface area contributed by atoms with Crippen molar-refractivity contribution in [2.24, 2.45) is 0 Å². The molecule has 2 amide bonds. The molecule has 2 N–H and O–H groups in total. The van der Waals surface area contributed by atoms with Gasteiger partial charge in [-0.15, -0.1) is 0 Å². The van der Waals surface area contributed by atoms with Gasteiger partial charge in [0.2, 0.25) is 5.91 Å². The van der Waals surface area contributed by atoms with Gasteiger partial charge in [0.1, 0.15) is 18.7 Å². The van der Waals surface area contributed by atoms with Gasteiger partial charge < -0.3 is 24.8 Å². The largest absolute Gasteiger partial charge is 0.480 e. The Morgan fingerprint density at radius 2 is 1.51 bits per heavy atom. The molecule has 0 aliphatic heterocycles. The van der Waals surface area contributed by atoms with Gasteiger partial charge in [-0.3, -0.25) is 4.79 Å². The summed E-state index contributed by atoms with van der Waals surface area (Å²) in [5, 5.41) is 11.9. The van der Waals surface area contributed by atoms with E-state index in [2.05, 4.69) is 5.32 Å². The van der Waals surface area contributed by atoms with Crippen LogP contribution < -0.4 is 5.32 Å². The molecule has 0 unspecified atom stereocenters. The van der Waals surface area contributed by atoms with E-state index in [1.54, 1.807) is 6.92 Å². The average Bonchev–Trinajstić information content (AvgIpc) is 3.12. The molecule has 0 saturated carbocycles. The van der Waals surface area contributed by atoms with E-state index < -0.39 is 41.8 Å². The zero-order valence-electron chi connectivity index (χ0n) is 21.1. The molecule has 1 aliphatic carbocycles. The van der Waals surface area contributed by atoms with E-state index in [-0.39, 0.29) is 12.5 Å². The number of rotatable bonds is 8. The van der Waals surface area contributed by atoms with Gasteiger partial charge in [-0.05, 0) is 56.9 Å². The predicted molar refractivity (Wildman–Crippen MR) is 132 cm³/mol. The van der Waals surface area contributed by atoms with E-state index in [0.717, 1.165) is 27.2 Å². The molecule has 0 spiro atoms. The number of carboxylic acid groups (broad SMARTS) is 1. The molecular formula is C27H34N2O6. The second-order valence-electron chi connectivity index (χ2n) is 9.85. The minimum Gasteiger partial charge on any atom is -0.480 e. The van der Waals surface area contributed by atoms with Crippen molar-refractivity contribution in [2.45, 2.75) is 64.3 Å². The number of carbonyl (C=O) groups is 3. The third kappa shape index (κ3) is 6.00. The lowest BCUT2D eigenvalue weighted by Gasteiger charge is -2.33. The summed E-state index contributed by atoms with van der Waals surface area (Å²) in [4.78, 5) is 38.5. The zero-order valence-corrected chi connectivity index (χ0v) is 21.1. The second-order valence-corrected chi connectivity index (χ2v) is 9.85. The number of alkyl carbamates (subject to hydrolysis) is 1. The van der Waals surface area contributed by atoms with Crippen molar-refractivity contribution in [1.82, 2.24) is 10.2 Å². The van der Waals surface area contributed by atoms with Crippen molar-refractivity contribution in [3.8, 4) is 11.1 Å². The Bertz CT molecular complexity index is 1050. The molecule has 0 fully saturated rings. The summed E-state index contributed by atoms with van der Waals surface area (Å²) in [6, 6.07) is 13.8. The van der Waals surface area contributed by atoms with Gasteiger partial charge in [0, 0.05) is 13.0 Å². The molecule has 3 rings (SSSR count). The number of hydrogen-bond acceptors (Lipinski definition) is 5. The molecule has 1 aliphatic rings. The molecule has 8 nitrogen and oxygen atoms in total. The number of hydrogen-bond donors (Lipinski definition) is 2. The Hall–Kier alpha value is -3.39. The summed E-state index contributed by atoms with van der Waals surface area (Å²) in [5.41, 5.74) is 3.79. The maximum absolute atomic E-state index is 13.2. The Morgan fingerprint density at radius 3 is 2.00 bits per heavy atom. The summed E-state index contributed by atoms with van der Waals surface area (Å²) in [5.74, 6) is -1.85. The summed E-state index contributed by atoms with van der Waals surface area (Å²) >= 11 is 0. The minimum atomic E-state index is -1.15. The number of fused-ring (bicyclic) bond motifs is 3. The fourth-order valence-electron chi connectivity index (χ4n) is 4.35. The molecule has 188 valence electrons. The van der Waals surface area contributed by atoms with Gasteiger partial charge in [0.05, 0.1) is 11.7 Å². The number of amides is 2. The maximum atomic E-state index is 13.2. The number of benzene rings is 2. The van der Waals surface area contributed by atoms with Gasteiger partial charge >= 0.3 is 12.1 Å². The monoisotopic (exact) mass is 482 g/mol. The highest BCUT2D eigenvalue weighted by Gasteiger charge is 2.36. The molecule has 2 aromatic rings. The lowest BCUT2D eigenvalue weighted by molar-refractivity contribution is -0.152. The third-order valence-corrected chi connectivity index (χ3v) is 6.18. The number of carbonyl (C=O) groups excluding carboxylic acids is 2. The Balaban J connectivity index is 1.75. The van der Waals surface area contributed by atoms with Crippen LogP contribution in [0, 0.1) is 0 Å². The third-order valence-electron chi connectivity index (χ3n) is 6.18. The molecule has 3 atom stereocenters. The first-order valence-electron chi connectivity index (χ1n) is 11.7. The van der Waals surface area contributed by atoms with E-state index in [1.165, 1.54) is 14.0 Å². The van der Waals surface area contributed by atoms with Crippen molar-refractivity contribution < 1.29 is 29.0 Å². The predicted octanol–water partition coefficient (Wildman–Crippen LogP) is 4.03.